The van der Waals surface area contributed by atoms with Crippen molar-refractivity contribution in [2.75, 3.05) is 19.6 Å². The first kappa shape index (κ1) is 16.1. The first-order chi connectivity index (χ1) is 12.3. The molecule has 3 heterocycles. The first-order valence-corrected chi connectivity index (χ1v) is 9.23. The van der Waals surface area contributed by atoms with E-state index in [1.54, 1.807) is 0 Å². The molecule has 1 aliphatic rings. The van der Waals surface area contributed by atoms with Crippen molar-refractivity contribution in [1.82, 2.24) is 14.3 Å². The molecule has 2 aromatic heterocycles. The molecule has 4 rings (SSSR count). The van der Waals surface area contributed by atoms with Gasteiger partial charge in [0.15, 0.2) is 0 Å². The molecule has 0 unspecified atom stereocenters. The topological polar surface area (TPSA) is 20.5 Å². The summed E-state index contributed by atoms with van der Waals surface area (Å²) >= 11 is 0. The van der Waals surface area contributed by atoms with Crippen LogP contribution in [0.4, 0.5) is 0 Å². The molecule has 1 aliphatic heterocycles. The number of pyridine rings is 1. The Balaban J connectivity index is 1.41. The van der Waals surface area contributed by atoms with Crippen molar-refractivity contribution in [2.24, 2.45) is 0 Å². The second-order valence-electron chi connectivity index (χ2n) is 6.96. The molecular formula is C22H25N3. The van der Waals surface area contributed by atoms with Crippen molar-refractivity contribution in [3.05, 3.63) is 66.0 Å². The molecule has 3 nitrogen and oxygen atoms in total. The van der Waals surface area contributed by atoms with Gasteiger partial charge >= 0.3 is 0 Å². The monoisotopic (exact) mass is 331 g/mol. The van der Waals surface area contributed by atoms with Crippen molar-refractivity contribution in [1.29, 1.82) is 0 Å². The summed E-state index contributed by atoms with van der Waals surface area (Å²) in [6, 6.07) is 12.9. The number of nitrogens with zero attached hydrogens (tertiary/aromatic N) is 3. The molecule has 0 N–H and O–H groups in total. The highest BCUT2D eigenvalue weighted by molar-refractivity contribution is 5.65. The van der Waals surface area contributed by atoms with Gasteiger partial charge in [-0.2, -0.15) is 0 Å². The van der Waals surface area contributed by atoms with Crippen molar-refractivity contribution in [2.45, 2.75) is 26.2 Å². The van der Waals surface area contributed by atoms with E-state index in [-0.39, 0.29) is 0 Å². The minimum atomic E-state index is 1.00. The average molecular weight is 331 g/mol. The van der Waals surface area contributed by atoms with Crippen LogP contribution in [0.25, 0.3) is 23.0 Å². The maximum Gasteiger partial charge on any atom is 0.137 e. The van der Waals surface area contributed by atoms with Crippen LogP contribution in [-0.2, 0) is 0 Å². The van der Waals surface area contributed by atoms with E-state index < -0.39 is 0 Å². The van der Waals surface area contributed by atoms with Gasteiger partial charge in [0.1, 0.15) is 5.65 Å². The summed E-state index contributed by atoms with van der Waals surface area (Å²) in [7, 11) is 0. The highest BCUT2D eigenvalue weighted by Crippen LogP contribution is 2.20. The fraction of sp³-hybridized carbons (Fsp3) is 0.318. The van der Waals surface area contributed by atoms with Crippen LogP contribution in [0.1, 0.15) is 30.4 Å². The zero-order chi connectivity index (χ0) is 17.1. The summed E-state index contributed by atoms with van der Waals surface area (Å²) in [6.45, 7) is 5.84. The molecule has 3 heteroatoms. The summed E-state index contributed by atoms with van der Waals surface area (Å²) in [6.07, 6.45) is 12.6. The Labute approximate surface area is 149 Å². The highest BCUT2D eigenvalue weighted by Gasteiger charge is 2.09. The molecule has 1 saturated heterocycles. The number of aryl methyl sites for hydroxylation is 1. The molecule has 0 radical (unpaired) electrons. The Morgan fingerprint density at radius 3 is 2.68 bits per heavy atom. The third-order valence-corrected chi connectivity index (χ3v) is 4.94. The minimum absolute atomic E-state index is 1.00. The Bertz CT molecular complexity index is 868. The SMILES string of the molecule is Cc1ccn2cc(-c3ccc(C=CCCN4CCCC4)cc3)nc2c1. The lowest BCUT2D eigenvalue weighted by molar-refractivity contribution is 0.346. The standard InChI is InChI=1S/C22H25N3/c1-18-11-15-25-17-21(23-22(25)16-18)20-9-7-19(8-10-20)6-2-3-12-24-13-4-5-14-24/h2,6-11,15-17H,3-5,12-14H2,1H3. The molecule has 128 valence electrons. The van der Waals surface area contributed by atoms with Gasteiger partial charge in [0.25, 0.3) is 0 Å². The maximum absolute atomic E-state index is 4.73. The van der Waals surface area contributed by atoms with Gasteiger partial charge in [0.05, 0.1) is 5.69 Å². The van der Waals surface area contributed by atoms with Crippen LogP contribution in [0.2, 0.25) is 0 Å². The van der Waals surface area contributed by atoms with Crippen LogP contribution in [0.5, 0.6) is 0 Å². The third kappa shape index (κ3) is 3.83. The molecule has 0 saturated carbocycles. The number of aromatic nitrogens is 2. The fourth-order valence-corrected chi connectivity index (χ4v) is 3.47. The Morgan fingerprint density at radius 1 is 1.08 bits per heavy atom. The van der Waals surface area contributed by atoms with E-state index in [2.05, 4.69) is 77.2 Å². The van der Waals surface area contributed by atoms with E-state index in [9.17, 15) is 0 Å². The number of rotatable bonds is 5. The van der Waals surface area contributed by atoms with Gasteiger partial charge in [-0.1, -0.05) is 36.4 Å². The normalized spacial score (nSPS) is 15.6. The van der Waals surface area contributed by atoms with Crippen molar-refractivity contribution in [3.8, 4) is 11.3 Å². The number of fused-ring (bicyclic) bond motifs is 1. The summed E-state index contributed by atoms with van der Waals surface area (Å²) < 4.78 is 2.08. The third-order valence-electron chi connectivity index (χ3n) is 4.94. The lowest BCUT2D eigenvalue weighted by Crippen LogP contribution is -2.19. The molecule has 0 atom stereocenters. The van der Waals surface area contributed by atoms with Gasteiger partial charge in [0.2, 0.25) is 0 Å². The van der Waals surface area contributed by atoms with Gasteiger partial charge in [-0.15, -0.1) is 0 Å². The Kier molecular flexibility index (Phi) is 4.66. The van der Waals surface area contributed by atoms with Crippen LogP contribution in [-0.4, -0.2) is 33.9 Å². The Hall–Kier alpha value is -2.39. The highest BCUT2D eigenvalue weighted by atomic mass is 15.1. The fourth-order valence-electron chi connectivity index (χ4n) is 3.47. The lowest BCUT2D eigenvalue weighted by atomic mass is 10.1. The maximum atomic E-state index is 4.73. The van der Waals surface area contributed by atoms with Crippen LogP contribution >= 0.6 is 0 Å². The number of hydrogen-bond donors (Lipinski definition) is 0. The van der Waals surface area contributed by atoms with Crippen molar-refractivity contribution in [3.63, 3.8) is 0 Å². The number of hydrogen-bond acceptors (Lipinski definition) is 2. The zero-order valence-electron chi connectivity index (χ0n) is 14.9. The molecule has 0 amide bonds. The largest absolute Gasteiger partial charge is 0.306 e. The van der Waals surface area contributed by atoms with Crippen molar-refractivity contribution < 1.29 is 0 Å². The second-order valence-corrected chi connectivity index (χ2v) is 6.96. The molecule has 1 aromatic carbocycles. The van der Waals surface area contributed by atoms with E-state index >= 15 is 0 Å². The Morgan fingerprint density at radius 2 is 1.88 bits per heavy atom. The van der Waals surface area contributed by atoms with Crippen LogP contribution in [0.3, 0.4) is 0 Å². The smallest absolute Gasteiger partial charge is 0.137 e. The summed E-state index contributed by atoms with van der Waals surface area (Å²) in [5.74, 6) is 0. The van der Waals surface area contributed by atoms with Gasteiger partial charge in [-0.05, 0) is 62.5 Å². The zero-order valence-corrected chi connectivity index (χ0v) is 14.9. The quantitative estimate of drug-likeness (QED) is 0.669. The molecule has 0 spiro atoms. The molecule has 25 heavy (non-hydrogen) atoms. The molecule has 0 bridgehead atoms. The van der Waals surface area contributed by atoms with E-state index in [4.69, 9.17) is 4.98 Å². The predicted molar refractivity (Wildman–Crippen MR) is 105 cm³/mol. The number of likely N-dealkylation sites (tertiary alicyclic amines) is 1. The lowest BCUT2D eigenvalue weighted by Gasteiger charge is -2.11. The summed E-state index contributed by atoms with van der Waals surface area (Å²) in [5.41, 5.74) is 5.68. The molecule has 0 aliphatic carbocycles. The van der Waals surface area contributed by atoms with Crippen LogP contribution in [0, 0.1) is 6.92 Å². The average Bonchev–Trinajstić information content (AvgIpc) is 3.28. The van der Waals surface area contributed by atoms with E-state index in [0.29, 0.717) is 0 Å². The van der Waals surface area contributed by atoms with Gasteiger partial charge in [0, 0.05) is 24.5 Å². The van der Waals surface area contributed by atoms with E-state index in [0.717, 1.165) is 23.3 Å². The van der Waals surface area contributed by atoms with Gasteiger partial charge in [-0.25, -0.2) is 4.98 Å². The van der Waals surface area contributed by atoms with E-state index in [1.165, 1.54) is 43.6 Å². The second kappa shape index (κ2) is 7.24. The molecular weight excluding hydrogens is 306 g/mol. The van der Waals surface area contributed by atoms with Gasteiger partial charge < -0.3 is 9.30 Å². The first-order valence-electron chi connectivity index (χ1n) is 9.23. The minimum Gasteiger partial charge on any atom is -0.306 e. The van der Waals surface area contributed by atoms with E-state index in [1.807, 2.05) is 0 Å². The van der Waals surface area contributed by atoms with Gasteiger partial charge in [-0.3, -0.25) is 0 Å². The summed E-state index contributed by atoms with van der Waals surface area (Å²) in [4.78, 5) is 7.29. The van der Waals surface area contributed by atoms with Crippen LogP contribution in [0.15, 0.2) is 54.9 Å². The van der Waals surface area contributed by atoms with Crippen molar-refractivity contribution >= 4 is 11.7 Å². The predicted octanol–water partition coefficient (Wildman–Crippen LogP) is 4.81. The van der Waals surface area contributed by atoms with Crippen LogP contribution < -0.4 is 0 Å². The summed E-state index contributed by atoms with van der Waals surface area (Å²) in [5, 5.41) is 0. The molecule has 3 aromatic rings. The molecule has 1 fully saturated rings. The number of benzene rings is 1. The number of imidazole rings is 1.